The van der Waals surface area contributed by atoms with Crippen LogP contribution in [0.15, 0.2) is 28.7 Å². The van der Waals surface area contributed by atoms with E-state index in [1.54, 1.807) is 0 Å². The van der Waals surface area contributed by atoms with Crippen LogP contribution in [0.1, 0.15) is 39.5 Å². The first-order valence-electron chi connectivity index (χ1n) is 7.62. The Morgan fingerprint density at radius 1 is 1.25 bits per heavy atom. The largest absolute Gasteiger partial charge is 0.494 e. The average Bonchev–Trinajstić information content (AvgIpc) is 2.43. The van der Waals surface area contributed by atoms with Crippen molar-refractivity contribution in [3.8, 4) is 5.75 Å². The molecule has 1 aliphatic rings. The Morgan fingerprint density at radius 2 is 1.95 bits per heavy atom. The molecule has 20 heavy (non-hydrogen) atoms. The van der Waals surface area contributed by atoms with Crippen LogP contribution < -0.4 is 4.74 Å². The second-order valence-electron chi connectivity index (χ2n) is 6.24. The van der Waals surface area contributed by atoms with E-state index in [9.17, 15) is 5.11 Å². The van der Waals surface area contributed by atoms with E-state index in [0.717, 1.165) is 41.3 Å². The van der Waals surface area contributed by atoms with E-state index in [1.165, 1.54) is 6.42 Å². The highest BCUT2D eigenvalue weighted by Gasteiger charge is 2.30. The third-order valence-electron chi connectivity index (χ3n) is 4.50. The molecule has 3 unspecified atom stereocenters. The number of hydrogen-bond acceptors (Lipinski definition) is 2. The van der Waals surface area contributed by atoms with Gasteiger partial charge in [-0.05, 0) is 67.7 Å². The summed E-state index contributed by atoms with van der Waals surface area (Å²) in [6.45, 7) is 5.27. The zero-order valence-electron chi connectivity index (χ0n) is 12.4. The quantitative estimate of drug-likeness (QED) is 0.845. The average molecular weight is 341 g/mol. The summed E-state index contributed by atoms with van der Waals surface area (Å²) >= 11 is 3.42. The number of aliphatic hydroxyl groups is 1. The summed E-state index contributed by atoms with van der Waals surface area (Å²) in [6, 6.07) is 7.91. The molecule has 0 heterocycles. The van der Waals surface area contributed by atoms with Crippen LogP contribution in [0, 0.1) is 17.8 Å². The van der Waals surface area contributed by atoms with Crippen molar-refractivity contribution >= 4 is 15.9 Å². The Morgan fingerprint density at radius 3 is 2.60 bits per heavy atom. The maximum Gasteiger partial charge on any atom is 0.119 e. The maximum absolute atomic E-state index is 10.1. The molecule has 0 amide bonds. The van der Waals surface area contributed by atoms with Gasteiger partial charge in [-0.3, -0.25) is 0 Å². The number of hydrogen-bond donors (Lipinski definition) is 1. The minimum Gasteiger partial charge on any atom is -0.494 e. The highest BCUT2D eigenvalue weighted by Crippen LogP contribution is 2.35. The van der Waals surface area contributed by atoms with Crippen LogP contribution >= 0.6 is 15.9 Å². The first-order chi connectivity index (χ1) is 9.56. The van der Waals surface area contributed by atoms with E-state index < -0.39 is 0 Å². The van der Waals surface area contributed by atoms with E-state index in [-0.39, 0.29) is 6.10 Å². The Bertz CT molecular complexity index is 402. The molecule has 112 valence electrons. The fourth-order valence-electron chi connectivity index (χ4n) is 3.06. The normalized spacial score (nSPS) is 26.8. The molecule has 1 aromatic carbocycles. The van der Waals surface area contributed by atoms with E-state index >= 15 is 0 Å². The lowest BCUT2D eigenvalue weighted by Gasteiger charge is -2.35. The molecular formula is C17H25BrO2. The van der Waals surface area contributed by atoms with Crippen molar-refractivity contribution in [3.05, 3.63) is 28.7 Å². The Kier molecular flexibility index (Phi) is 5.91. The standard InChI is InChI=1S/C17H25BrO2/c1-12(2)13-3-8-17(19)14(11-13)9-10-20-16-6-4-15(18)5-7-16/h4-7,12-14,17,19H,3,8-11H2,1-2H3. The zero-order valence-corrected chi connectivity index (χ0v) is 14.0. The summed E-state index contributed by atoms with van der Waals surface area (Å²) in [6.07, 6.45) is 4.07. The molecule has 3 atom stereocenters. The lowest BCUT2D eigenvalue weighted by molar-refractivity contribution is 0.0272. The molecule has 0 spiro atoms. The van der Waals surface area contributed by atoms with Crippen molar-refractivity contribution in [1.29, 1.82) is 0 Å². The Hall–Kier alpha value is -0.540. The molecule has 1 fully saturated rings. The van der Waals surface area contributed by atoms with Gasteiger partial charge in [0.1, 0.15) is 5.75 Å². The summed E-state index contributed by atoms with van der Waals surface area (Å²) in [5, 5.41) is 10.1. The molecule has 1 saturated carbocycles. The number of halogens is 1. The highest BCUT2D eigenvalue weighted by atomic mass is 79.9. The molecule has 2 rings (SSSR count). The van der Waals surface area contributed by atoms with Gasteiger partial charge in [0, 0.05) is 4.47 Å². The van der Waals surface area contributed by atoms with Gasteiger partial charge in [-0.25, -0.2) is 0 Å². The fraction of sp³-hybridized carbons (Fsp3) is 0.647. The molecule has 0 saturated heterocycles. The summed E-state index contributed by atoms with van der Waals surface area (Å²) < 4.78 is 6.84. The molecule has 1 N–H and O–H groups in total. The second kappa shape index (κ2) is 7.46. The van der Waals surface area contributed by atoms with Gasteiger partial charge in [-0.2, -0.15) is 0 Å². The molecule has 0 aromatic heterocycles. The van der Waals surface area contributed by atoms with Gasteiger partial charge in [0.25, 0.3) is 0 Å². The predicted octanol–water partition coefficient (Wildman–Crippen LogP) is 4.65. The highest BCUT2D eigenvalue weighted by molar-refractivity contribution is 9.10. The van der Waals surface area contributed by atoms with Gasteiger partial charge in [0.2, 0.25) is 0 Å². The van der Waals surface area contributed by atoms with Gasteiger partial charge in [0.15, 0.2) is 0 Å². The first kappa shape index (κ1) is 15.8. The molecule has 0 aliphatic heterocycles. The van der Waals surface area contributed by atoms with E-state index in [2.05, 4.69) is 29.8 Å². The van der Waals surface area contributed by atoms with Crippen molar-refractivity contribution in [2.24, 2.45) is 17.8 Å². The topological polar surface area (TPSA) is 29.5 Å². The molecule has 0 radical (unpaired) electrons. The number of aliphatic hydroxyl groups excluding tert-OH is 1. The zero-order chi connectivity index (χ0) is 14.5. The minimum atomic E-state index is -0.140. The van der Waals surface area contributed by atoms with Gasteiger partial charge in [0.05, 0.1) is 12.7 Å². The minimum absolute atomic E-state index is 0.140. The molecule has 1 aromatic rings. The summed E-state index contributed by atoms with van der Waals surface area (Å²) in [4.78, 5) is 0. The van der Waals surface area contributed by atoms with Crippen LogP contribution in [0.5, 0.6) is 5.75 Å². The van der Waals surface area contributed by atoms with Gasteiger partial charge >= 0.3 is 0 Å². The van der Waals surface area contributed by atoms with Crippen molar-refractivity contribution in [2.45, 2.75) is 45.6 Å². The maximum atomic E-state index is 10.1. The van der Waals surface area contributed by atoms with Crippen molar-refractivity contribution in [2.75, 3.05) is 6.61 Å². The molecule has 2 nitrogen and oxygen atoms in total. The summed E-state index contributed by atoms with van der Waals surface area (Å²) in [5.74, 6) is 2.78. The monoisotopic (exact) mass is 340 g/mol. The first-order valence-corrected chi connectivity index (χ1v) is 8.42. The second-order valence-corrected chi connectivity index (χ2v) is 7.15. The summed E-state index contributed by atoms with van der Waals surface area (Å²) in [7, 11) is 0. The van der Waals surface area contributed by atoms with Gasteiger partial charge < -0.3 is 9.84 Å². The van der Waals surface area contributed by atoms with Crippen molar-refractivity contribution in [3.63, 3.8) is 0 Å². The van der Waals surface area contributed by atoms with Crippen LogP contribution in [-0.2, 0) is 0 Å². The lowest BCUT2D eigenvalue weighted by atomic mass is 9.74. The Labute approximate surface area is 130 Å². The molecule has 0 bridgehead atoms. The van der Waals surface area contributed by atoms with Gasteiger partial charge in [-0.15, -0.1) is 0 Å². The fourth-order valence-corrected chi connectivity index (χ4v) is 3.32. The van der Waals surface area contributed by atoms with Crippen LogP contribution in [0.3, 0.4) is 0 Å². The van der Waals surface area contributed by atoms with Crippen LogP contribution in [0.25, 0.3) is 0 Å². The lowest BCUT2D eigenvalue weighted by Crippen LogP contribution is -2.32. The van der Waals surface area contributed by atoms with Crippen molar-refractivity contribution in [1.82, 2.24) is 0 Å². The molecular weight excluding hydrogens is 316 g/mol. The van der Waals surface area contributed by atoms with Crippen LogP contribution in [-0.4, -0.2) is 17.8 Å². The SMILES string of the molecule is CC(C)C1CCC(O)C(CCOc2ccc(Br)cc2)C1. The Balaban J connectivity index is 1.78. The number of rotatable bonds is 5. The van der Waals surface area contributed by atoms with E-state index in [4.69, 9.17) is 4.74 Å². The van der Waals surface area contributed by atoms with E-state index in [1.807, 2.05) is 24.3 Å². The van der Waals surface area contributed by atoms with Gasteiger partial charge in [-0.1, -0.05) is 29.8 Å². The van der Waals surface area contributed by atoms with Crippen LogP contribution in [0.2, 0.25) is 0 Å². The summed E-state index contributed by atoms with van der Waals surface area (Å²) in [5.41, 5.74) is 0. The third kappa shape index (κ3) is 4.49. The molecule has 1 aliphatic carbocycles. The van der Waals surface area contributed by atoms with E-state index in [0.29, 0.717) is 12.5 Å². The van der Waals surface area contributed by atoms with Crippen molar-refractivity contribution < 1.29 is 9.84 Å². The predicted molar refractivity (Wildman–Crippen MR) is 85.9 cm³/mol. The third-order valence-corrected chi connectivity index (χ3v) is 5.03. The van der Waals surface area contributed by atoms with Crippen LogP contribution in [0.4, 0.5) is 0 Å². The smallest absolute Gasteiger partial charge is 0.119 e. The molecule has 3 heteroatoms. The number of ether oxygens (including phenoxy) is 1. The number of benzene rings is 1.